The number of fused-ring (bicyclic) bond motifs is 1. The molecule has 5 heteroatoms. The SMILES string of the molecule is Cc1ccnc(-c2nc3c(c(N4CCCCCC4=O)n2)CCC3)c1. The standard InChI is InChI=1S/C19H22N4O/c1-13-9-10-20-16(12-13)18-21-15-7-5-6-14(15)19(22-18)23-11-4-2-3-8-17(23)24/h9-10,12H,2-8,11H2,1H3. The number of aromatic nitrogens is 3. The van der Waals surface area contributed by atoms with Crippen LogP contribution in [0.5, 0.6) is 0 Å². The first-order chi connectivity index (χ1) is 11.7. The fourth-order valence-corrected chi connectivity index (χ4v) is 3.62. The van der Waals surface area contributed by atoms with E-state index in [1.807, 2.05) is 24.0 Å². The maximum atomic E-state index is 12.6. The van der Waals surface area contributed by atoms with Crippen LogP contribution in [0.25, 0.3) is 11.5 Å². The van der Waals surface area contributed by atoms with Crippen LogP contribution in [-0.4, -0.2) is 27.4 Å². The molecule has 2 aromatic heterocycles. The van der Waals surface area contributed by atoms with Crippen LogP contribution in [0.2, 0.25) is 0 Å². The van der Waals surface area contributed by atoms with Gasteiger partial charge in [0.05, 0.1) is 0 Å². The largest absolute Gasteiger partial charge is 0.296 e. The molecule has 2 aromatic rings. The third-order valence-electron chi connectivity index (χ3n) is 4.88. The first-order valence-corrected chi connectivity index (χ1v) is 8.85. The average Bonchev–Trinajstić information content (AvgIpc) is 2.96. The molecule has 1 fully saturated rings. The zero-order valence-corrected chi connectivity index (χ0v) is 14.1. The highest BCUT2D eigenvalue weighted by Gasteiger charge is 2.27. The fraction of sp³-hybridized carbons (Fsp3) is 0.474. The summed E-state index contributed by atoms with van der Waals surface area (Å²) in [6.07, 6.45) is 8.57. The van der Waals surface area contributed by atoms with Crippen molar-refractivity contribution in [3.8, 4) is 11.5 Å². The minimum absolute atomic E-state index is 0.198. The number of anilines is 1. The topological polar surface area (TPSA) is 59.0 Å². The maximum absolute atomic E-state index is 12.6. The van der Waals surface area contributed by atoms with Gasteiger partial charge in [0.2, 0.25) is 5.91 Å². The molecule has 0 bridgehead atoms. The van der Waals surface area contributed by atoms with Gasteiger partial charge in [0, 0.05) is 30.4 Å². The van der Waals surface area contributed by atoms with Crippen LogP contribution < -0.4 is 4.90 Å². The zero-order chi connectivity index (χ0) is 16.5. The lowest BCUT2D eigenvalue weighted by Gasteiger charge is -2.22. The predicted molar refractivity (Wildman–Crippen MR) is 92.8 cm³/mol. The Morgan fingerprint density at radius 2 is 1.96 bits per heavy atom. The van der Waals surface area contributed by atoms with Crippen LogP contribution in [0, 0.1) is 6.92 Å². The first-order valence-electron chi connectivity index (χ1n) is 8.85. The van der Waals surface area contributed by atoms with Gasteiger partial charge in [0.25, 0.3) is 0 Å². The monoisotopic (exact) mass is 322 g/mol. The lowest BCUT2D eigenvalue weighted by Crippen LogP contribution is -2.32. The van der Waals surface area contributed by atoms with Crippen LogP contribution >= 0.6 is 0 Å². The molecular weight excluding hydrogens is 300 g/mol. The van der Waals surface area contributed by atoms with Crippen LogP contribution in [0.1, 0.15) is 48.9 Å². The van der Waals surface area contributed by atoms with Crippen LogP contribution in [0.4, 0.5) is 5.82 Å². The molecule has 124 valence electrons. The Bertz CT molecular complexity index is 787. The summed E-state index contributed by atoms with van der Waals surface area (Å²) in [5, 5.41) is 0. The van der Waals surface area contributed by atoms with E-state index in [0.29, 0.717) is 12.2 Å². The molecule has 0 radical (unpaired) electrons. The second-order valence-corrected chi connectivity index (χ2v) is 6.72. The number of pyridine rings is 1. The Kier molecular flexibility index (Phi) is 4.00. The normalized spacial score (nSPS) is 17.7. The summed E-state index contributed by atoms with van der Waals surface area (Å²) in [5.74, 6) is 1.68. The average molecular weight is 322 g/mol. The van der Waals surface area contributed by atoms with Gasteiger partial charge in [0.1, 0.15) is 11.5 Å². The third kappa shape index (κ3) is 2.79. The highest BCUT2D eigenvalue weighted by atomic mass is 16.2. The van der Waals surface area contributed by atoms with E-state index in [-0.39, 0.29) is 5.91 Å². The number of aryl methyl sites for hydroxylation is 2. The molecule has 0 atom stereocenters. The van der Waals surface area contributed by atoms with E-state index in [1.54, 1.807) is 6.20 Å². The van der Waals surface area contributed by atoms with E-state index >= 15 is 0 Å². The van der Waals surface area contributed by atoms with Crippen LogP contribution in [0.3, 0.4) is 0 Å². The summed E-state index contributed by atoms with van der Waals surface area (Å²) < 4.78 is 0. The van der Waals surface area contributed by atoms with Crippen molar-refractivity contribution in [1.82, 2.24) is 15.0 Å². The van der Waals surface area contributed by atoms with Gasteiger partial charge in [-0.05, 0) is 56.7 Å². The second-order valence-electron chi connectivity index (χ2n) is 6.72. The Balaban J connectivity index is 1.82. The van der Waals surface area contributed by atoms with E-state index in [1.165, 1.54) is 5.56 Å². The molecule has 1 saturated heterocycles. The van der Waals surface area contributed by atoms with Crippen molar-refractivity contribution >= 4 is 11.7 Å². The summed E-state index contributed by atoms with van der Waals surface area (Å²) in [7, 11) is 0. The molecule has 0 N–H and O–H groups in total. The van der Waals surface area contributed by atoms with Crippen molar-refractivity contribution in [2.24, 2.45) is 0 Å². The summed E-state index contributed by atoms with van der Waals surface area (Å²) in [5.41, 5.74) is 4.18. The van der Waals surface area contributed by atoms with Gasteiger partial charge in [-0.3, -0.25) is 14.7 Å². The van der Waals surface area contributed by atoms with E-state index < -0.39 is 0 Å². The van der Waals surface area contributed by atoms with Crippen molar-refractivity contribution < 1.29 is 4.79 Å². The molecule has 4 rings (SSSR count). The van der Waals surface area contributed by atoms with Crippen molar-refractivity contribution in [1.29, 1.82) is 0 Å². The second kappa shape index (κ2) is 6.30. The van der Waals surface area contributed by atoms with Gasteiger partial charge in [0.15, 0.2) is 5.82 Å². The van der Waals surface area contributed by atoms with E-state index in [4.69, 9.17) is 9.97 Å². The van der Waals surface area contributed by atoms with E-state index in [2.05, 4.69) is 4.98 Å². The number of carbonyl (C=O) groups excluding carboxylic acids is 1. The minimum atomic E-state index is 0.198. The van der Waals surface area contributed by atoms with Crippen LogP contribution in [0.15, 0.2) is 18.3 Å². The molecule has 0 aromatic carbocycles. The number of amides is 1. The van der Waals surface area contributed by atoms with Crippen molar-refractivity contribution in [2.75, 3.05) is 11.4 Å². The molecule has 1 aliphatic heterocycles. The summed E-state index contributed by atoms with van der Waals surface area (Å²) in [4.78, 5) is 28.5. The quantitative estimate of drug-likeness (QED) is 0.851. The van der Waals surface area contributed by atoms with Gasteiger partial charge in [-0.2, -0.15) is 0 Å². The highest BCUT2D eigenvalue weighted by Crippen LogP contribution is 2.32. The molecule has 1 amide bonds. The maximum Gasteiger partial charge on any atom is 0.228 e. The molecule has 5 nitrogen and oxygen atoms in total. The first kappa shape index (κ1) is 15.2. The van der Waals surface area contributed by atoms with Gasteiger partial charge >= 0.3 is 0 Å². The Hall–Kier alpha value is -2.30. The van der Waals surface area contributed by atoms with Gasteiger partial charge < -0.3 is 0 Å². The van der Waals surface area contributed by atoms with Gasteiger partial charge in [-0.15, -0.1) is 0 Å². The Labute approximate surface area is 142 Å². The molecule has 2 aliphatic rings. The lowest BCUT2D eigenvalue weighted by atomic mass is 10.2. The van der Waals surface area contributed by atoms with E-state index in [0.717, 1.165) is 67.8 Å². The molecule has 1 aliphatic carbocycles. The molecule has 0 unspecified atom stereocenters. The summed E-state index contributed by atoms with van der Waals surface area (Å²) >= 11 is 0. The smallest absolute Gasteiger partial charge is 0.228 e. The molecule has 24 heavy (non-hydrogen) atoms. The molecule has 0 saturated carbocycles. The highest BCUT2D eigenvalue weighted by molar-refractivity contribution is 5.93. The predicted octanol–water partition coefficient (Wildman–Crippen LogP) is 3.24. The van der Waals surface area contributed by atoms with Crippen LogP contribution in [-0.2, 0) is 17.6 Å². The number of rotatable bonds is 2. The number of carbonyl (C=O) groups is 1. The van der Waals surface area contributed by atoms with Gasteiger partial charge in [-0.25, -0.2) is 9.97 Å². The minimum Gasteiger partial charge on any atom is -0.296 e. The number of nitrogens with zero attached hydrogens (tertiary/aromatic N) is 4. The summed E-state index contributed by atoms with van der Waals surface area (Å²) in [6.45, 7) is 2.81. The van der Waals surface area contributed by atoms with Gasteiger partial charge in [-0.1, -0.05) is 6.42 Å². The van der Waals surface area contributed by atoms with E-state index in [9.17, 15) is 4.79 Å². The molecule has 0 spiro atoms. The van der Waals surface area contributed by atoms with Crippen molar-refractivity contribution in [2.45, 2.75) is 51.9 Å². The lowest BCUT2D eigenvalue weighted by molar-refractivity contribution is -0.118. The molecule has 3 heterocycles. The number of hydrogen-bond acceptors (Lipinski definition) is 4. The van der Waals surface area contributed by atoms with Crippen molar-refractivity contribution in [3.63, 3.8) is 0 Å². The summed E-state index contributed by atoms with van der Waals surface area (Å²) in [6, 6.07) is 3.97. The third-order valence-corrected chi connectivity index (χ3v) is 4.88. The Morgan fingerprint density at radius 3 is 2.83 bits per heavy atom. The van der Waals surface area contributed by atoms with Crippen molar-refractivity contribution in [3.05, 3.63) is 35.2 Å². The molecular formula is C19H22N4O. The Morgan fingerprint density at radius 1 is 1.04 bits per heavy atom. The zero-order valence-electron chi connectivity index (χ0n) is 14.1. The fourth-order valence-electron chi connectivity index (χ4n) is 3.62. The number of hydrogen-bond donors (Lipinski definition) is 0.